The lowest BCUT2D eigenvalue weighted by Crippen LogP contribution is -2.12. The smallest absolute Gasteiger partial charge is 0.351 e. The van der Waals surface area contributed by atoms with Gasteiger partial charge in [-0.2, -0.15) is 0 Å². The molecule has 2 aromatic carbocycles. The maximum absolute atomic E-state index is 12.3. The average Bonchev–Trinajstić information content (AvgIpc) is 2.62. The summed E-state index contributed by atoms with van der Waals surface area (Å²) >= 11 is 5.89. The van der Waals surface area contributed by atoms with E-state index >= 15 is 0 Å². The summed E-state index contributed by atoms with van der Waals surface area (Å²) in [5.74, 6) is 0.754. The van der Waals surface area contributed by atoms with E-state index in [9.17, 15) is 9.59 Å². The number of benzene rings is 2. The molecular formula is C20H11ClO4. The minimum absolute atomic E-state index is 0.0996. The zero-order valence-electron chi connectivity index (χ0n) is 12.9. The Bertz CT molecular complexity index is 1170. The van der Waals surface area contributed by atoms with Crippen LogP contribution in [0.3, 0.4) is 0 Å². The Morgan fingerprint density at radius 2 is 1.20 bits per heavy atom. The fraction of sp³-hybridized carbons (Fsp3) is 0. The summed E-state index contributed by atoms with van der Waals surface area (Å²) in [6.45, 7) is 0. The Hall–Kier alpha value is -3.11. The third-order valence-corrected chi connectivity index (χ3v) is 4.11. The van der Waals surface area contributed by atoms with Gasteiger partial charge in [0.2, 0.25) is 0 Å². The largest absolute Gasteiger partial charge is 0.422 e. The molecule has 0 N–H and O–H groups in total. The molecule has 0 amide bonds. The van der Waals surface area contributed by atoms with Crippen molar-refractivity contribution in [2.24, 2.45) is 0 Å². The van der Waals surface area contributed by atoms with Gasteiger partial charge >= 0.3 is 11.3 Å². The Morgan fingerprint density at radius 1 is 0.680 bits per heavy atom. The zero-order valence-corrected chi connectivity index (χ0v) is 13.6. The van der Waals surface area contributed by atoms with Gasteiger partial charge in [-0.3, -0.25) is 0 Å². The van der Waals surface area contributed by atoms with Crippen LogP contribution in [-0.4, -0.2) is 0 Å². The highest BCUT2D eigenvalue weighted by atomic mass is 35.5. The summed E-state index contributed by atoms with van der Waals surface area (Å²) in [5.41, 5.74) is 0.00394. The van der Waals surface area contributed by atoms with E-state index in [0.717, 1.165) is 5.56 Å². The fourth-order valence-corrected chi connectivity index (χ4v) is 2.78. The van der Waals surface area contributed by atoms with Crippen molar-refractivity contribution in [1.29, 1.82) is 0 Å². The van der Waals surface area contributed by atoms with E-state index in [4.69, 9.17) is 20.4 Å². The second-order valence-electron chi connectivity index (χ2n) is 5.50. The molecule has 4 nitrogen and oxygen atoms in total. The molecule has 4 aromatic rings. The molecule has 0 bridgehead atoms. The quantitative estimate of drug-likeness (QED) is 0.524. The summed E-state index contributed by atoms with van der Waals surface area (Å²) in [5, 5.41) is 0.951. The number of hydrogen-bond acceptors (Lipinski definition) is 4. The van der Waals surface area contributed by atoms with Crippen LogP contribution >= 0.6 is 11.6 Å². The fourth-order valence-electron chi connectivity index (χ4n) is 2.65. The van der Waals surface area contributed by atoms with Crippen molar-refractivity contribution in [3.63, 3.8) is 0 Å². The van der Waals surface area contributed by atoms with Gasteiger partial charge in [-0.05, 0) is 36.4 Å². The van der Waals surface area contributed by atoms with E-state index < -0.39 is 11.3 Å². The van der Waals surface area contributed by atoms with Crippen molar-refractivity contribution in [2.75, 3.05) is 0 Å². The normalized spacial score (nSPS) is 10.9. The summed E-state index contributed by atoms with van der Waals surface area (Å²) in [7, 11) is 0. The molecule has 0 aliphatic carbocycles. The minimum Gasteiger partial charge on any atom is -0.422 e. The van der Waals surface area contributed by atoms with Crippen LogP contribution in [0, 0.1) is 0 Å². The molecule has 0 radical (unpaired) electrons. The molecule has 2 heterocycles. The second-order valence-corrected chi connectivity index (χ2v) is 5.94. The first kappa shape index (κ1) is 15.4. The van der Waals surface area contributed by atoms with E-state index in [-0.39, 0.29) is 5.39 Å². The SMILES string of the molecule is O=c1oc(-c2ccccc2)cc2cc(-c3ccc(Cl)cc3)oc(=O)c12. The van der Waals surface area contributed by atoms with Gasteiger partial charge < -0.3 is 8.83 Å². The molecule has 0 atom stereocenters. The van der Waals surface area contributed by atoms with Crippen molar-refractivity contribution < 1.29 is 8.83 Å². The maximum atomic E-state index is 12.3. The summed E-state index contributed by atoms with van der Waals surface area (Å²) in [4.78, 5) is 24.5. The summed E-state index contributed by atoms with van der Waals surface area (Å²) in [6.07, 6.45) is 0. The van der Waals surface area contributed by atoms with Crippen molar-refractivity contribution in [2.45, 2.75) is 0 Å². The monoisotopic (exact) mass is 350 g/mol. The van der Waals surface area contributed by atoms with Gasteiger partial charge in [-0.1, -0.05) is 41.9 Å². The van der Waals surface area contributed by atoms with Gasteiger partial charge in [0.05, 0.1) is 0 Å². The lowest BCUT2D eigenvalue weighted by Gasteiger charge is -2.04. The van der Waals surface area contributed by atoms with Crippen molar-refractivity contribution in [3.8, 4) is 22.6 Å². The van der Waals surface area contributed by atoms with Crippen LogP contribution in [0.1, 0.15) is 0 Å². The van der Waals surface area contributed by atoms with E-state index in [1.807, 2.05) is 30.3 Å². The van der Waals surface area contributed by atoms with Crippen LogP contribution in [0.4, 0.5) is 0 Å². The lowest BCUT2D eigenvalue weighted by atomic mass is 10.1. The number of halogens is 1. The van der Waals surface area contributed by atoms with E-state index in [1.54, 1.807) is 36.4 Å². The van der Waals surface area contributed by atoms with Crippen molar-refractivity contribution in [1.82, 2.24) is 0 Å². The summed E-state index contributed by atoms with van der Waals surface area (Å²) in [6, 6.07) is 19.4. The van der Waals surface area contributed by atoms with Crippen molar-refractivity contribution in [3.05, 3.63) is 92.6 Å². The molecule has 0 fully saturated rings. The first-order valence-corrected chi connectivity index (χ1v) is 7.93. The second kappa shape index (κ2) is 6.07. The third kappa shape index (κ3) is 2.88. The topological polar surface area (TPSA) is 60.4 Å². The highest BCUT2D eigenvalue weighted by Crippen LogP contribution is 2.25. The number of hydrogen-bond donors (Lipinski definition) is 0. The molecule has 5 heteroatoms. The van der Waals surface area contributed by atoms with Crippen LogP contribution in [0.25, 0.3) is 33.4 Å². The Balaban J connectivity index is 1.96. The molecular weight excluding hydrogens is 340 g/mol. The van der Waals surface area contributed by atoms with Gasteiger partial charge in [0.25, 0.3) is 0 Å². The van der Waals surface area contributed by atoms with E-state index in [1.165, 1.54) is 0 Å². The van der Waals surface area contributed by atoms with Crippen LogP contribution in [0.15, 0.2) is 85.2 Å². The van der Waals surface area contributed by atoms with Crippen LogP contribution in [-0.2, 0) is 0 Å². The van der Waals surface area contributed by atoms with E-state index in [0.29, 0.717) is 27.5 Å². The highest BCUT2D eigenvalue weighted by Gasteiger charge is 2.13. The molecule has 0 saturated carbocycles. The van der Waals surface area contributed by atoms with Gasteiger partial charge in [0.1, 0.15) is 11.5 Å². The van der Waals surface area contributed by atoms with Crippen molar-refractivity contribution >= 4 is 22.4 Å². The number of fused-ring (bicyclic) bond motifs is 1. The van der Waals surface area contributed by atoms with Gasteiger partial charge in [-0.15, -0.1) is 0 Å². The molecule has 0 saturated heterocycles. The van der Waals surface area contributed by atoms with Crippen LogP contribution in [0.5, 0.6) is 0 Å². The van der Waals surface area contributed by atoms with Crippen LogP contribution in [0.2, 0.25) is 5.02 Å². The van der Waals surface area contributed by atoms with Gasteiger partial charge in [-0.25, -0.2) is 9.59 Å². The van der Waals surface area contributed by atoms with E-state index in [2.05, 4.69) is 0 Å². The zero-order chi connectivity index (χ0) is 17.4. The lowest BCUT2D eigenvalue weighted by molar-refractivity contribution is 0.512. The molecule has 0 unspecified atom stereocenters. The Kier molecular flexibility index (Phi) is 3.75. The molecule has 4 rings (SSSR count). The highest BCUT2D eigenvalue weighted by molar-refractivity contribution is 6.30. The third-order valence-electron chi connectivity index (χ3n) is 3.86. The summed E-state index contributed by atoms with van der Waals surface area (Å²) < 4.78 is 10.6. The molecule has 2 aromatic heterocycles. The van der Waals surface area contributed by atoms with Crippen LogP contribution < -0.4 is 11.3 Å². The molecule has 0 spiro atoms. The molecule has 25 heavy (non-hydrogen) atoms. The first-order valence-electron chi connectivity index (χ1n) is 7.55. The first-order chi connectivity index (χ1) is 12.1. The Morgan fingerprint density at radius 3 is 1.76 bits per heavy atom. The molecule has 122 valence electrons. The van der Waals surface area contributed by atoms with Gasteiger partial charge in [0.15, 0.2) is 5.39 Å². The standard InChI is InChI=1S/C20H11ClO4/c21-15-8-6-13(7-9-15)17-11-14-10-16(12-4-2-1-3-5-12)24-19(22)18(14)20(23)25-17/h1-11H. The predicted molar refractivity (Wildman–Crippen MR) is 96.9 cm³/mol. The molecule has 0 aliphatic rings. The predicted octanol–water partition coefficient (Wildman–Crippen LogP) is 4.73. The number of rotatable bonds is 2. The maximum Gasteiger partial charge on any atom is 0.351 e. The average molecular weight is 351 g/mol. The Labute approximate surface area is 146 Å². The minimum atomic E-state index is -0.726. The molecule has 0 aliphatic heterocycles. The van der Waals surface area contributed by atoms with Gasteiger partial charge in [0, 0.05) is 21.5 Å².